The van der Waals surface area contributed by atoms with Gasteiger partial charge in [-0.2, -0.15) is 0 Å². The van der Waals surface area contributed by atoms with Crippen molar-refractivity contribution in [2.24, 2.45) is 0 Å². The van der Waals surface area contributed by atoms with Gasteiger partial charge in [-0.15, -0.1) is 0 Å². The van der Waals surface area contributed by atoms with Crippen molar-refractivity contribution < 1.29 is 19.1 Å². The van der Waals surface area contributed by atoms with Gasteiger partial charge in [0.2, 0.25) is 12.1 Å². The van der Waals surface area contributed by atoms with Gasteiger partial charge in [0, 0.05) is 0 Å². The zero-order valence-electron chi connectivity index (χ0n) is 5.08. The normalized spacial score (nSPS) is 21.5. The lowest BCUT2D eigenvalue weighted by molar-refractivity contribution is -0.165. The number of amides is 1. The summed E-state index contributed by atoms with van der Waals surface area (Å²) in [4.78, 5) is 21.0. The van der Waals surface area contributed by atoms with Crippen LogP contribution in [0.3, 0.4) is 0 Å². The van der Waals surface area contributed by atoms with Gasteiger partial charge in [0.05, 0.1) is 13.1 Å². The van der Waals surface area contributed by atoms with Crippen LogP contribution in [0.5, 0.6) is 0 Å². The van der Waals surface area contributed by atoms with E-state index in [2.05, 4.69) is 0 Å². The molecule has 0 bridgehead atoms. The topological polar surface area (TPSA) is 57.6 Å². The van der Waals surface area contributed by atoms with E-state index in [1.54, 1.807) is 0 Å². The highest BCUT2D eigenvalue weighted by atomic mass is 19.1. The van der Waals surface area contributed by atoms with Crippen molar-refractivity contribution in [1.29, 1.82) is 0 Å². The summed E-state index contributed by atoms with van der Waals surface area (Å²) in [5, 5.41) is 8.19. The molecule has 1 heterocycles. The number of carbonyl (C=O) groups is 2. The molecular formula is C5H6FNO3. The minimum absolute atomic E-state index is 0.328. The number of nitrogens with zero attached hydrogens (tertiary/aromatic N) is 1. The van der Waals surface area contributed by atoms with E-state index in [0.29, 0.717) is 6.41 Å². The number of alkyl halides is 1. The van der Waals surface area contributed by atoms with Crippen molar-refractivity contribution in [2.45, 2.75) is 5.67 Å². The largest absolute Gasteiger partial charge is 0.479 e. The summed E-state index contributed by atoms with van der Waals surface area (Å²) in [5.74, 6) is -1.49. The van der Waals surface area contributed by atoms with Crippen molar-refractivity contribution >= 4 is 12.4 Å². The van der Waals surface area contributed by atoms with Crippen LogP contribution < -0.4 is 0 Å². The fraction of sp³-hybridized carbons (Fsp3) is 0.600. The van der Waals surface area contributed by atoms with E-state index < -0.39 is 11.6 Å². The number of halogens is 1. The zero-order chi connectivity index (χ0) is 7.78. The van der Waals surface area contributed by atoms with Crippen LogP contribution in [-0.4, -0.2) is 41.1 Å². The molecule has 1 N–H and O–H groups in total. The number of hydrogen-bond donors (Lipinski definition) is 1. The van der Waals surface area contributed by atoms with E-state index in [4.69, 9.17) is 5.11 Å². The van der Waals surface area contributed by atoms with Gasteiger partial charge in [-0.1, -0.05) is 0 Å². The third-order valence-electron chi connectivity index (χ3n) is 1.44. The molecule has 56 valence electrons. The third kappa shape index (κ3) is 0.832. The van der Waals surface area contributed by atoms with Gasteiger partial charge in [0.1, 0.15) is 0 Å². The summed E-state index contributed by atoms with van der Waals surface area (Å²) in [6.07, 6.45) is 0.431. The Labute approximate surface area is 56.2 Å². The second-order valence-electron chi connectivity index (χ2n) is 2.28. The molecule has 1 aliphatic rings. The van der Waals surface area contributed by atoms with E-state index in [9.17, 15) is 14.0 Å². The molecule has 1 fully saturated rings. The first-order valence-electron chi connectivity index (χ1n) is 2.70. The number of likely N-dealkylation sites (tertiary alicyclic amines) is 1. The molecule has 4 nitrogen and oxygen atoms in total. The number of carboxylic acids is 1. The molecule has 0 aliphatic carbocycles. The van der Waals surface area contributed by atoms with E-state index in [1.807, 2.05) is 0 Å². The SMILES string of the molecule is O=CN1CC(F)(C(=O)O)C1. The van der Waals surface area contributed by atoms with Crippen LogP contribution in [0.1, 0.15) is 0 Å². The Bertz CT molecular complexity index is 176. The fourth-order valence-electron chi connectivity index (χ4n) is 0.807. The molecule has 1 aliphatic heterocycles. The van der Waals surface area contributed by atoms with Gasteiger partial charge in [-0.05, 0) is 0 Å². The van der Waals surface area contributed by atoms with Crippen LogP contribution >= 0.6 is 0 Å². The lowest BCUT2D eigenvalue weighted by Gasteiger charge is -2.38. The summed E-state index contributed by atoms with van der Waals surface area (Å²) >= 11 is 0. The lowest BCUT2D eigenvalue weighted by Crippen LogP contribution is -2.62. The van der Waals surface area contributed by atoms with Gasteiger partial charge in [-0.3, -0.25) is 4.79 Å². The van der Waals surface area contributed by atoms with Gasteiger partial charge in [0.15, 0.2) is 0 Å². The molecule has 0 aromatic rings. The van der Waals surface area contributed by atoms with E-state index in [1.165, 1.54) is 0 Å². The monoisotopic (exact) mass is 147 g/mol. The molecule has 5 heteroatoms. The average Bonchev–Trinajstić information content (AvgIpc) is 1.80. The average molecular weight is 147 g/mol. The predicted molar refractivity (Wildman–Crippen MR) is 29.1 cm³/mol. The highest BCUT2D eigenvalue weighted by Gasteiger charge is 2.50. The standard InChI is InChI=1S/C5H6FNO3/c6-5(4(9)10)1-7(2-5)3-8/h3H,1-2H2,(H,9,10). The maximum Gasteiger partial charge on any atom is 0.345 e. The summed E-state index contributed by atoms with van der Waals surface area (Å²) in [6, 6.07) is 0. The van der Waals surface area contributed by atoms with Crippen molar-refractivity contribution in [1.82, 2.24) is 4.90 Å². The quantitative estimate of drug-likeness (QED) is 0.523. The van der Waals surface area contributed by atoms with Crippen LogP contribution in [0.4, 0.5) is 4.39 Å². The number of aliphatic carboxylic acids is 1. The Morgan fingerprint density at radius 3 is 2.50 bits per heavy atom. The van der Waals surface area contributed by atoms with Crippen LogP contribution in [0.2, 0.25) is 0 Å². The molecule has 0 atom stereocenters. The lowest BCUT2D eigenvalue weighted by atomic mass is 9.98. The molecule has 0 aromatic heterocycles. The first-order chi connectivity index (χ1) is 4.58. The molecule has 0 unspecified atom stereocenters. The maximum absolute atomic E-state index is 12.7. The molecule has 0 saturated carbocycles. The van der Waals surface area contributed by atoms with Crippen LogP contribution in [0.15, 0.2) is 0 Å². The Kier molecular flexibility index (Phi) is 1.35. The fourth-order valence-corrected chi connectivity index (χ4v) is 0.807. The van der Waals surface area contributed by atoms with Gasteiger partial charge in [0.25, 0.3) is 0 Å². The Balaban J connectivity index is 2.49. The van der Waals surface area contributed by atoms with Crippen molar-refractivity contribution in [2.75, 3.05) is 13.1 Å². The van der Waals surface area contributed by atoms with Crippen molar-refractivity contribution in [3.05, 3.63) is 0 Å². The highest BCUT2D eigenvalue weighted by Crippen LogP contribution is 2.23. The summed E-state index contributed by atoms with van der Waals surface area (Å²) < 4.78 is 12.7. The number of carboxylic acid groups (broad SMARTS) is 1. The minimum Gasteiger partial charge on any atom is -0.479 e. The number of carbonyl (C=O) groups excluding carboxylic acids is 1. The van der Waals surface area contributed by atoms with Crippen molar-refractivity contribution in [3.63, 3.8) is 0 Å². The Morgan fingerprint density at radius 1 is 1.70 bits per heavy atom. The Morgan fingerprint density at radius 2 is 2.20 bits per heavy atom. The highest BCUT2D eigenvalue weighted by molar-refractivity contribution is 5.80. The first kappa shape index (κ1) is 6.98. The first-order valence-corrected chi connectivity index (χ1v) is 2.70. The predicted octanol–water partition coefficient (Wildman–Crippen LogP) is -0.749. The second kappa shape index (κ2) is 1.93. The molecule has 0 aromatic carbocycles. The molecule has 1 rings (SSSR count). The second-order valence-corrected chi connectivity index (χ2v) is 2.28. The molecule has 1 saturated heterocycles. The third-order valence-corrected chi connectivity index (χ3v) is 1.44. The van der Waals surface area contributed by atoms with Crippen LogP contribution in [-0.2, 0) is 9.59 Å². The van der Waals surface area contributed by atoms with Gasteiger partial charge >= 0.3 is 5.97 Å². The minimum atomic E-state index is -2.19. The molecule has 0 radical (unpaired) electrons. The summed E-state index contributed by atoms with van der Waals surface area (Å²) in [5.41, 5.74) is -2.19. The smallest absolute Gasteiger partial charge is 0.345 e. The van der Waals surface area contributed by atoms with E-state index in [-0.39, 0.29) is 13.1 Å². The van der Waals surface area contributed by atoms with E-state index >= 15 is 0 Å². The summed E-state index contributed by atoms with van der Waals surface area (Å²) in [6.45, 7) is -0.655. The molecular weight excluding hydrogens is 141 g/mol. The summed E-state index contributed by atoms with van der Waals surface area (Å²) in [7, 11) is 0. The number of rotatable bonds is 2. The molecule has 10 heavy (non-hydrogen) atoms. The zero-order valence-corrected chi connectivity index (χ0v) is 5.08. The van der Waals surface area contributed by atoms with Gasteiger partial charge < -0.3 is 10.0 Å². The number of hydrogen-bond acceptors (Lipinski definition) is 2. The molecule has 1 amide bonds. The van der Waals surface area contributed by atoms with Crippen LogP contribution in [0.25, 0.3) is 0 Å². The molecule has 0 spiro atoms. The Hall–Kier alpha value is -1.13. The van der Waals surface area contributed by atoms with Crippen molar-refractivity contribution in [3.8, 4) is 0 Å². The maximum atomic E-state index is 12.7. The van der Waals surface area contributed by atoms with Crippen LogP contribution in [0, 0.1) is 0 Å². The van der Waals surface area contributed by atoms with E-state index in [0.717, 1.165) is 4.90 Å². The van der Waals surface area contributed by atoms with Gasteiger partial charge in [-0.25, -0.2) is 9.18 Å².